The Kier molecular flexibility index (Phi) is 10.8. The molecule has 3 heteroatoms. The van der Waals surface area contributed by atoms with E-state index in [1.54, 1.807) is 0 Å². The van der Waals surface area contributed by atoms with E-state index in [4.69, 9.17) is 0 Å². The second-order valence-electron chi connectivity index (χ2n) is 6.90. The monoisotopic (exact) mass is 285 g/mol. The quantitative estimate of drug-likeness (QED) is 0.242. The molecule has 0 aromatic carbocycles. The molecule has 0 aromatic heterocycles. The third kappa shape index (κ3) is 10.2. The maximum atomic E-state index is 10.9. The summed E-state index contributed by atoms with van der Waals surface area (Å²) in [6.07, 6.45) is 11.9. The van der Waals surface area contributed by atoms with Gasteiger partial charge in [-0.25, -0.2) is 0 Å². The van der Waals surface area contributed by atoms with Crippen molar-refractivity contribution in [1.82, 2.24) is 0 Å². The fourth-order valence-electron chi connectivity index (χ4n) is 2.96. The zero-order valence-corrected chi connectivity index (χ0v) is 14.1. The van der Waals surface area contributed by atoms with Crippen LogP contribution in [0.5, 0.6) is 0 Å². The molecule has 2 atom stereocenters. The number of unbranched alkanes of at least 4 members (excludes halogenated alkanes) is 3. The van der Waals surface area contributed by atoms with Crippen molar-refractivity contribution in [3.05, 3.63) is 10.1 Å². The van der Waals surface area contributed by atoms with Gasteiger partial charge in [0.25, 0.3) is 0 Å². The predicted molar refractivity (Wildman–Crippen MR) is 86.7 cm³/mol. The van der Waals surface area contributed by atoms with Crippen LogP contribution in [0.4, 0.5) is 0 Å². The van der Waals surface area contributed by atoms with Crippen molar-refractivity contribution in [1.29, 1.82) is 0 Å². The normalized spacial score (nSPS) is 15.8. The first-order chi connectivity index (χ1) is 9.43. The Balaban J connectivity index is 4.02. The van der Waals surface area contributed by atoms with E-state index in [0.29, 0.717) is 0 Å². The molecule has 0 N–H and O–H groups in total. The molecule has 0 aliphatic carbocycles. The smallest absolute Gasteiger partial charge is 0.209 e. The Morgan fingerprint density at radius 3 is 2.10 bits per heavy atom. The molecule has 0 spiro atoms. The van der Waals surface area contributed by atoms with Crippen LogP contribution in [0, 0.1) is 21.4 Å². The van der Waals surface area contributed by atoms with E-state index < -0.39 is 0 Å². The standard InChI is InChI=1S/C17H35NO2/c1-5-7-9-11-16(3)12-10-14-17(4,13-8-6-2)15-18(19)20/h16H,5-15H2,1-4H3/t16?,17-/m1/s1. The van der Waals surface area contributed by atoms with Gasteiger partial charge in [0.15, 0.2) is 0 Å². The van der Waals surface area contributed by atoms with Gasteiger partial charge in [0.05, 0.1) is 0 Å². The minimum Gasteiger partial charge on any atom is -0.265 e. The van der Waals surface area contributed by atoms with Crippen molar-refractivity contribution in [2.24, 2.45) is 11.3 Å². The molecule has 0 bridgehead atoms. The van der Waals surface area contributed by atoms with Gasteiger partial charge in [-0.1, -0.05) is 79.1 Å². The highest BCUT2D eigenvalue weighted by Gasteiger charge is 2.29. The van der Waals surface area contributed by atoms with Crippen LogP contribution >= 0.6 is 0 Å². The molecule has 20 heavy (non-hydrogen) atoms. The van der Waals surface area contributed by atoms with E-state index in [0.717, 1.165) is 38.0 Å². The number of hydrogen-bond donors (Lipinski definition) is 0. The van der Waals surface area contributed by atoms with Gasteiger partial charge in [-0.2, -0.15) is 0 Å². The van der Waals surface area contributed by atoms with Crippen molar-refractivity contribution >= 4 is 0 Å². The topological polar surface area (TPSA) is 43.1 Å². The summed E-state index contributed by atoms with van der Waals surface area (Å²) in [5.74, 6) is 0.771. The fraction of sp³-hybridized carbons (Fsp3) is 1.00. The molecule has 0 aliphatic heterocycles. The van der Waals surface area contributed by atoms with Gasteiger partial charge < -0.3 is 0 Å². The van der Waals surface area contributed by atoms with Crippen LogP contribution < -0.4 is 0 Å². The zero-order chi connectivity index (χ0) is 15.4. The summed E-state index contributed by atoms with van der Waals surface area (Å²) in [6.45, 7) is 8.96. The van der Waals surface area contributed by atoms with Crippen molar-refractivity contribution in [2.45, 2.75) is 91.9 Å². The van der Waals surface area contributed by atoms with E-state index in [1.165, 1.54) is 32.1 Å². The summed E-state index contributed by atoms with van der Waals surface area (Å²) in [4.78, 5) is 10.7. The lowest BCUT2D eigenvalue weighted by molar-refractivity contribution is -0.497. The average Bonchev–Trinajstić information content (AvgIpc) is 2.36. The number of nitrogens with zero attached hydrogens (tertiary/aromatic N) is 1. The Bertz CT molecular complexity index is 255. The van der Waals surface area contributed by atoms with Gasteiger partial charge in [-0.3, -0.25) is 10.1 Å². The maximum Gasteiger partial charge on any atom is 0.209 e. The van der Waals surface area contributed by atoms with Crippen LogP contribution in [-0.2, 0) is 0 Å². The molecule has 0 fully saturated rings. The molecule has 0 aromatic rings. The SMILES string of the molecule is CCCCCC(C)CCC[C@@](C)(CCCC)C[N+](=O)[O-]. The number of hydrogen-bond acceptors (Lipinski definition) is 2. The molecule has 120 valence electrons. The predicted octanol–water partition coefficient (Wildman–Crippen LogP) is 5.85. The van der Waals surface area contributed by atoms with E-state index in [1.807, 2.05) is 0 Å². The van der Waals surface area contributed by atoms with E-state index in [2.05, 4.69) is 27.7 Å². The van der Waals surface area contributed by atoms with E-state index in [9.17, 15) is 10.1 Å². The molecule has 1 unspecified atom stereocenters. The van der Waals surface area contributed by atoms with Crippen molar-refractivity contribution in [3.63, 3.8) is 0 Å². The zero-order valence-electron chi connectivity index (χ0n) is 14.1. The summed E-state index contributed by atoms with van der Waals surface area (Å²) in [7, 11) is 0. The first kappa shape index (κ1) is 19.4. The Labute approximate surface area is 125 Å². The number of rotatable bonds is 13. The fourth-order valence-corrected chi connectivity index (χ4v) is 2.96. The molecule has 0 radical (unpaired) electrons. The summed E-state index contributed by atoms with van der Waals surface area (Å²) in [5.41, 5.74) is -0.0946. The molecule has 0 heterocycles. The van der Waals surface area contributed by atoms with Gasteiger partial charge in [0.2, 0.25) is 6.54 Å². The van der Waals surface area contributed by atoms with Crippen LogP contribution in [0.15, 0.2) is 0 Å². The maximum absolute atomic E-state index is 10.9. The lowest BCUT2D eigenvalue weighted by Crippen LogP contribution is -2.26. The first-order valence-corrected chi connectivity index (χ1v) is 8.55. The third-order valence-corrected chi connectivity index (χ3v) is 4.42. The Morgan fingerprint density at radius 1 is 1.00 bits per heavy atom. The first-order valence-electron chi connectivity index (χ1n) is 8.55. The highest BCUT2D eigenvalue weighted by atomic mass is 16.6. The van der Waals surface area contributed by atoms with Gasteiger partial charge >= 0.3 is 0 Å². The van der Waals surface area contributed by atoms with Crippen LogP contribution in [-0.4, -0.2) is 11.5 Å². The summed E-state index contributed by atoms with van der Waals surface area (Å²) >= 11 is 0. The minimum atomic E-state index is -0.125. The molecule has 0 amide bonds. The molecule has 0 saturated carbocycles. The second kappa shape index (κ2) is 11.1. The van der Waals surface area contributed by atoms with Crippen LogP contribution in [0.1, 0.15) is 91.9 Å². The van der Waals surface area contributed by atoms with Crippen LogP contribution in [0.3, 0.4) is 0 Å². The molecular formula is C17H35NO2. The molecule has 0 saturated heterocycles. The van der Waals surface area contributed by atoms with Gasteiger partial charge in [-0.15, -0.1) is 0 Å². The van der Waals surface area contributed by atoms with Gasteiger partial charge in [0, 0.05) is 10.3 Å². The molecule has 0 rings (SSSR count). The summed E-state index contributed by atoms with van der Waals surface area (Å²) in [6, 6.07) is 0. The highest BCUT2D eigenvalue weighted by Crippen LogP contribution is 2.32. The molecule has 0 aliphatic rings. The summed E-state index contributed by atoms with van der Waals surface area (Å²) < 4.78 is 0. The van der Waals surface area contributed by atoms with Gasteiger partial charge in [-0.05, 0) is 18.8 Å². The average molecular weight is 285 g/mol. The molecular weight excluding hydrogens is 250 g/mol. The minimum absolute atomic E-state index is 0.0946. The lowest BCUT2D eigenvalue weighted by Gasteiger charge is -2.25. The van der Waals surface area contributed by atoms with E-state index >= 15 is 0 Å². The Hall–Kier alpha value is -0.600. The molecule has 3 nitrogen and oxygen atoms in total. The van der Waals surface area contributed by atoms with Crippen LogP contribution in [0.25, 0.3) is 0 Å². The van der Waals surface area contributed by atoms with Crippen molar-refractivity contribution in [3.8, 4) is 0 Å². The second-order valence-corrected chi connectivity index (χ2v) is 6.90. The Morgan fingerprint density at radius 2 is 1.55 bits per heavy atom. The van der Waals surface area contributed by atoms with Gasteiger partial charge in [0.1, 0.15) is 0 Å². The largest absolute Gasteiger partial charge is 0.265 e. The highest BCUT2D eigenvalue weighted by molar-refractivity contribution is 4.74. The number of nitro groups is 1. The van der Waals surface area contributed by atoms with Crippen molar-refractivity contribution in [2.75, 3.05) is 6.54 Å². The van der Waals surface area contributed by atoms with Crippen molar-refractivity contribution < 1.29 is 4.92 Å². The van der Waals surface area contributed by atoms with E-state index in [-0.39, 0.29) is 16.9 Å². The summed E-state index contributed by atoms with van der Waals surface area (Å²) in [5, 5.41) is 10.9. The van der Waals surface area contributed by atoms with Crippen LogP contribution in [0.2, 0.25) is 0 Å². The third-order valence-electron chi connectivity index (χ3n) is 4.42. The lowest BCUT2D eigenvalue weighted by atomic mass is 9.79.